The molecule has 0 aliphatic carbocycles. The Morgan fingerprint density at radius 2 is 2.00 bits per heavy atom. The largest absolute Gasteiger partial charge is 0.478 e. The van der Waals surface area contributed by atoms with Crippen LogP contribution in [0.15, 0.2) is 18.2 Å². The molecule has 0 saturated heterocycles. The second-order valence-corrected chi connectivity index (χ2v) is 6.11. The number of carbonyl (C=O) groups excluding carboxylic acids is 1. The number of carboxylic acid groups (broad SMARTS) is 1. The molecular formula is C14H18O3S. The van der Waals surface area contributed by atoms with Gasteiger partial charge in [-0.15, -0.1) is 0 Å². The van der Waals surface area contributed by atoms with Crippen molar-refractivity contribution in [2.45, 2.75) is 32.4 Å². The number of thioether (sulfide) groups is 1. The zero-order valence-electron chi connectivity index (χ0n) is 10.9. The molecule has 1 aromatic carbocycles. The maximum absolute atomic E-state index is 12.0. The van der Waals surface area contributed by atoms with Crippen molar-refractivity contribution in [1.82, 2.24) is 0 Å². The minimum atomic E-state index is -0.999. The maximum Gasteiger partial charge on any atom is 0.335 e. The van der Waals surface area contributed by atoms with E-state index in [0.717, 1.165) is 11.3 Å². The van der Waals surface area contributed by atoms with Gasteiger partial charge in [-0.05, 0) is 29.9 Å². The molecule has 3 nitrogen and oxygen atoms in total. The van der Waals surface area contributed by atoms with Crippen LogP contribution in [0.1, 0.15) is 46.5 Å². The fraction of sp³-hybridized carbons (Fsp3) is 0.429. The lowest BCUT2D eigenvalue weighted by atomic mass is 10.0. The molecule has 1 rings (SSSR count). The molecule has 0 unspecified atom stereocenters. The van der Waals surface area contributed by atoms with Crippen LogP contribution < -0.4 is 0 Å². The molecule has 0 radical (unpaired) electrons. The van der Waals surface area contributed by atoms with Crippen LogP contribution in [0.3, 0.4) is 0 Å². The van der Waals surface area contributed by atoms with Crippen LogP contribution in [0.4, 0.5) is 0 Å². The highest BCUT2D eigenvalue weighted by molar-refractivity contribution is 7.99. The Morgan fingerprint density at radius 1 is 1.33 bits per heavy atom. The summed E-state index contributed by atoms with van der Waals surface area (Å²) in [6.45, 7) is 6.01. The van der Waals surface area contributed by atoms with Crippen molar-refractivity contribution < 1.29 is 14.7 Å². The third-order valence-electron chi connectivity index (χ3n) is 2.57. The summed E-state index contributed by atoms with van der Waals surface area (Å²) in [5.41, 5.74) is 1.53. The molecular weight excluding hydrogens is 248 g/mol. The van der Waals surface area contributed by atoms with E-state index in [-0.39, 0.29) is 11.3 Å². The second-order valence-electron chi connectivity index (χ2n) is 4.43. The fourth-order valence-corrected chi connectivity index (χ4v) is 2.35. The molecule has 0 fully saturated rings. The Kier molecular flexibility index (Phi) is 5.41. The van der Waals surface area contributed by atoms with Gasteiger partial charge in [-0.2, -0.15) is 11.8 Å². The van der Waals surface area contributed by atoms with E-state index in [1.54, 1.807) is 17.8 Å². The van der Waals surface area contributed by atoms with Crippen LogP contribution in [-0.2, 0) is 0 Å². The Balaban J connectivity index is 2.78. The number of carboxylic acids is 1. The van der Waals surface area contributed by atoms with Gasteiger partial charge >= 0.3 is 5.97 Å². The lowest BCUT2D eigenvalue weighted by molar-refractivity contribution is 0.0697. The lowest BCUT2D eigenvalue weighted by Gasteiger charge is -2.07. The van der Waals surface area contributed by atoms with E-state index in [2.05, 4.69) is 13.8 Å². The smallest absolute Gasteiger partial charge is 0.335 e. The van der Waals surface area contributed by atoms with Crippen molar-refractivity contribution in [2.24, 2.45) is 0 Å². The molecule has 0 amide bonds. The van der Waals surface area contributed by atoms with Crippen LogP contribution in [0.5, 0.6) is 0 Å². The van der Waals surface area contributed by atoms with Gasteiger partial charge in [0.15, 0.2) is 5.78 Å². The molecule has 0 aliphatic rings. The molecule has 0 aromatic heterocycles. The van der Waals surface area contributed by atoms with Crippen molar-refractivity contribution in [1.29, 1.82) is 0 Å². The first-order valence-corrected chi connectivity index (χ1v) is 6.95. The number of carbonyl (C=O) groups is 2. The minimum Gasteiger partial charge on any atom is -0.478 e. The maximum atomic E-state index is 12.0. The molecule has 0 atom stereocenters. The van der Waals surface area contributed by atoms with Crippen LogP contribution in [0, 0.1) is 6.92 Å². The van der Waals surface area contributed by atoms with E-state index < -0.39 is 5.97 Å². The Morgan fingerprint density at radius 3 is 2.56 bits per heavy atom. The van der Waals surface area contributed by atoms with Gasteiger partial charge < -0.3 is 5.11 Å². The first kappa shape index (κ1) is 14.8. The molecule has 0 bridgehead atoms. The summed E-state index contributed by atoms with van der Waals surface area (Å²) in [4.78, 5) is 22.9. The quantitative estimate of drug-likeness (QED) is 0.802. The van der Waals surface area contributed by atoms with Crippen molar-refractivity contribution in [3.8, 4) is 0 Å². The third-order valence-corrected chi connectivity index (χ3v) is 3.67. The van der Waals surface area contributed by atoms with Crippen LogP contribution in [-0.4, -0.2) is 27.9 Å². The molecule has 0 heterocycles. The zero-order valence-corrected chi connectivity index (χ0v) is 11.7. The average Bonchev–Trinajstić information content (AvgIpc) is 2.28. The van der Waals surface area contributed by atoms with Gasteiger partial charge in [0.05, 0.1) is 5.56 Å². The fourth-order valence-electron chi connectivity index (χ4n) is 1.58. The molecule has 4 heteroatoms. The monoisotopic (exact) mass is 266 g/mol. The highest BCUT2D eigenvalue weighted by Crippen LogP contribution is 2.17. The third kappa shape index (κ3) is 4.18. The van der Waals surface area contributed by atoms with Gasteiger partial charge in [0, 0.05) is 17.7 Å². The lowest BCUT2D eigenvalue weighted by Crippen LogP contribution is -2.07. The predicted octanol–water partition coefficient (Wildman–Crippen LogP) is 3.41. The van der Waals surface area contributed by atoms with Gasteiger partial charge in [-0.1, -0.05) is 19.9 Å². The number of ketones is 1. The molecule has 0 saturated carbocycles. The van der Waals surface area contributed by atoms with Crippen LogP contribution >= 0.6 is 11.8 Å². The molecule has 98 valence electrons. The summed E-state index contributed by atoms with van der Waals surface area (Å²) in [5, 5.41) is 9.42. The zero-order chi connectivity index (χ0) is 13.7. The van der Waals surface area contributed by atoms with Crippen LogP contribution in [0.25, 0.3) is 0 Å². The average molecular weight is 266 g/mol. The first-order chi connectivity index (χ1) is 8.41. The number of rotatable bonds is 6. The van der Waals surface area contributed by atoms with Crippen molar-refractivity contribution in [2.75, 3.05) is 5.75 Å². The van der Waals surface area contributed by atoms with Gasteiger partial charge in [0.2, 0.25) is 0 Å². The van der Waals surface area contributed by atoms with E-state index in [1.165, 1.54) is 12.1 Å². The van der Waals surface area contributed by atoms with Gasteiger partial charge in [0.1, 0.15) is 0 Å². The molecule has 0 aliphatic heterocycles. The van der Waals surface area contributed by atoms with Crippen molar-refractivity contribution >= 4 is 23.5 Å². The standard InChI is InChI=1S/C14H18O3S/c1-9(2)18-7-6-13(15)12-8-11(14(16)17)5-4-10(12)3/h4-5,8-9H,6-7H2,1-3H3,(H,16,17). The van der Waals surface area contributed by atoms with Crippen LogP contribution in [0.2, 0.25) is 0 Å². The summed E-state index contributed by atoms with van der Waals surface area (Å²) in [5.74, 6) is -0.211. The molecule has 0 spiro atoms. The number of hydrogen-bond acceptors (Lipinski definition) is 3. The molecule has 18 heavy (non-hydrogen) atoms. The van der Waals surface area contributed by atoms with E-state index in [0.29, 0.717) is 17.2 Å². The van der Waals surface area contributed by atoms with Gasteiger partial charge in [-0.25, -0.2) is 4.79 Å². The Bertz CT molecular complexity index is 452. The summed E-state index contributed by atoms with van der Waals surface area (Å²) >= 11 is 1.73. The topological polar surface area (TPSA) is 54.4 Å². The number of Topliss-reactive ketones (excluding diaryl/α,β-unsaturated/α-hetero) is 1. The Hall–Kier alpha value is -1.29. The highest BCUT2D eigenvalue weighted by Gasteiger charge is 2.12. The van der Waals surface area contributed by atoms with E-state index in [1.807, 2.05) is 6.92 Å². The molecule has 1 N–H and O–H groups in total. The Labute approximate surface area is 112 Å². The normalized spacial score (nSPS) is 10.7. The van der Waals surface area contributed by atoms with Gasteiger partial charge in [0.25, 0.3) is 0 Å². The predicted molar refractivity (Wildman–Crippen MR) is 74.7 cm³/mol. The number of hydrogen-bond donors (Lipinski definition) is 1. The SMILES string of the molecule is Cc1ccc(C(=O)O)cc1C(=O)CCSC(C)C. The summed E-state index contributed by atoms with van der Waals surface area (Å²) in [6.07, 6.45) is 0.451. The second kappa shape index (κ2) is 6.59. The summed E-state index contributed by atoms with van der Waals surface area (Å²) in [7, 11) is 0. The first-order valence-electron chi connectivity index (χ1n) is 5.90. The van der Waals surface area contributed by atoms with Crippen molar-refractivity contribution in [3.05, 3.63) is 34.9 Å². The van der Waals surface area contributed by atoms with E-state index in [4.69, 9.17) is 5.11 Å². The minimum absolute atomic E-state index is 0.0174. The summed E-state index contributed by atoms with van der Waals surface area (Å²) in [6, 6.07) is 4.68. The van der Waals surface area contributed by atoms with E-state index in [9.17, 15) is 9.59 Å². The summed E-state index contributed by atoms with van der Waals surface area (Å²) < 4.78 is 0. The molecule has 1 aromatic rings. The van der Waals surface area contributed by atoms with E-state index >= 15 is 0 Å². The van der Waals surface area contributed by atoms with Crippen molar-refractivity contribution in [3.63, 3.8) is 0 Å². The number of aryl methyl sites for hydroxylation is 1. The number of aromatic carboxylic acids is 1. The number of benzene rings is 1. The highest BCUT2D eigenvalue weighted by atomic mass is 32.2. The van der Waals surface area contributed by atoms with Gasteiger partial charge in [-0.3, -0.25) is 4.79 Å².